The van der Waals surface area contributed by atoms with Crippen molar-refractivity contribution in [3.05, 3.63) is 30.2 Å². The maximum atomic E-state index is 12.2. The smallest absolute Gasteiger partial charge is 0.325 e. The lowest BCUT2D eigenvalue weighted by atomic mass is 10.0. The van der Waals surface area contributed by atoms with Gasteiger partial charge in [0.1, 0.15) is 17.8 Å². The van der Waals surface area contributed by atoms with Crippen LogP contribution >= 0.6 is 0 Å². The second kappa shape index (κ2) is 10.8. The number of amides is 3. The van der Waals surface area contributed by atoms with Gasteiger partial charge in [0.25, 0.3) is 0 Å². The van der Waals surface area contributed by atoms with E-state index >= 15 is 0 Å². The molecule has 0 aliphatic rings. The zero-order valence-electron chi connectivity index (χ0n) is 15.5. The number of aliphatic carboxylic acids is 1. The Morgan fingerprint density at radius 1 is 1.19 bits per heavy atom. The van der Waals surface area contributed by atoms with Crippen molar-refractivity contribution in [3.63, 3.8) is 0 Å². The Bertz CT molecular complexity index is 681. The summed E-state index contributed by atoms with van der Waals surface area (Å²) in [4.78, 5) is 46.8. The number of rotatable bonds is 10. The summed E-state index contributed by atoms with van der Waals surface area (Å²) >= 11 is 0. The van der Waals surface area contributed by atoms with Crippen molar-refractivity contribution < 1.29 is 28.7 Å². The van der Waals surface area contributed by atoms with Gasteiger partial charge in [-0.2, -0.15) is 0 Å². The molecule has 9 nitrogen and oxygen atoms in total. The Balaban J connectivity index is 2.53. The van der Waals surface area contributed by atoms with Crippen molar-refractivity contribution in [2.75, 3.05) is 6.54 Å². The summed E-state index contributed by atoms with van der Waals surface area (Å²) in [5.41, 5.74) is 0. The molecule has 2 atom stereocenters. The minimum absolute atomic E-state index is 0.0898. The first-order chi connectivity index (χ1) is 12.7. The van der Waals surface area contributed by atoms with Crippen LogP contribution in [-0.4, -0.2) is 47.4 Å². The Labute approximate surface area is 157 Å². The van der Waals surface area contributed by atoms with Crippen LogP contribution in [0.4, 0.5) is 0 Å². The van der Waals surface area contributed by atoms with E-state index in [1.54, 1.807) is 12.1 Å². The molecule has 1 rings (SSSR count). The fraction of sp³-hybridized carbons (Fsp3) is 0.444. The Morgan fingerprint density at radius 2 is 1.89 bits per heavy atom. The van der Waals surface area contributed by atoms with E-state index in [-0.39, 0.29) is 12.5 Å². The van der Waals surface area contributed by atoms with Crippen LogP contribution in [-0.2, 0) is 19.2 Å². The van der Waals surface area contributed by atoms with Crippen molar-refractivity contribution in [2.45, 2.75) is 39.3 Å². The van der Waals surface area contributed by atoms with Crippen molar-refractivity contribution in [2.24, 2.45) is 5.92 Å². The minimum atomic E-state index is -1.17. The molecule has 9 heteroatoms. The molecule has 1 heterocycles. The van der Waals surface area contributed by atoms with Gasteiger partial charge in [-0.15, -0.1) is 0 Å². The molecule has 0 spiro atoms. The van der Waals surface area contributed by atoms with Gasteiger partial charge >= 0.3 is 5.97 Å². The number of carboxylic acids is 1. The molecule has 0 unspecified atom stereocenters. The summed E-state index contributed by atoms with van der Waals surface area (Å²) < 4.78 is 5.04. The van der Waals surface area contributed by atoms with Crippen LogP contribution in [0.25, 0.3) is 6.08 Å². The van der Waals surface area contributed by atoms with Gasteiger partial charge in [-0.1, -0.05) is 13.8 Å². The molecule has 0 fully saturated rings. The normalized spacial score (nSPS) is 13.2. The number of nitrogens with one attached hydrogen (secondary N) is 3. The molecular weight excluding hydrogens is 354 g/mol. The van der Waals surface area contributed by atoms with Gasteiger partial charge in [-0.3, -0.25) is 19.2 Å². The van der Waals surface area contributed by atoms with Gasteiger partial charge in [0.05, 0.1) is 12.8 Å². The Kier molecular flexibility index (Phi) is 8.77. The third kappa shape index (κ3) is 8.70. The minimum Gasteiger partial charge on any atom is -0.480 e. The van der Waals surface area contributed by atoms with Gasteiger partial charge in [-0.05, 0) is 37.5 Å². The zero-order chi connectivity index (χ0) is 20.4. The highest BCUT2D eigenvalue weighted by Crippen LogP contribution is 2.05. The van der Waals surface area contributed by atoms with Crippen LogP contribution in [0.15, 0.2) is 28.9 Å². The first kappa shape index (κ1) is 21.9. The van der Waals surface area contributed by atoms with Crippen LogP contribution in [0.2, 0.25) is 0 Å². The van der Waals surface area contributed by atoms with Gasteiger partial charge in [0, 0.05) is 6.08 Å². The van der Waals surface area contributed by atoms with Crippen molar-refractivity contribution in [1.29, 1.82) is 0 Å². The highest BCUT2D eigenvalue weighted by molar-refractivity contribution is 5.95. The molecule has 4 N–H and O–H groups in total. The average Bonchev–Trinajstić information content (AvgIpc) is 3.10. The Morgan fingerprint density at radius 3 is 2.44 bits per heavy atom. The van der Waals surface area contributed by atoms with Crippen LogP contribution in [0.3, 0.4) is 0 Å². The van der Waals surface area contributed by atoms with Crippen molar-refractivity contribution >= 4 is 29.8 Å². The molecule has 1 aromatic rings. The lowest BCUT2D eigenvalue weighted by Crippen LogP contribution is -2.52. The molecule has 27 heavy (non-hydrogen) atoms. The summed E-state index contributed by atoms with van der Waals surface area (Å²) in [6.07, 6.45) is 4.47. The summed E-state index contributed by atoms with van der Waals surface area (Å²) in [6.45, 7) is 4.75. The van der Waals surface area contributed by atoms with Gasteiger partial charge in [0.15, 0.2) is 0 Å². The van der Waals surface area contributed by atoms with Crippen molar-refractivity contribution in [3.8, 4) is 0 Å². The van der Waals surface area contributed by atoms with E-state index in [0.29, 0.717) is 12.2 Å². The molecule has 0 aliphatic heterocycles. The third-order valence-electron chi connectivity index (χ3n) is 3.45. The molecule has 0 saturated carbocycles. The highest BCUT2D eigenvalue weighted by atomic mass is 16.4. The summed E-state index contributed by atoms with van der Waals surface area (Å²) in [5.74, 6) is -2.23. The monoisotopic (exact) mass is 379 g/mol. The maximum Gasteiger partial charge on any atom is 0.325 e. The first-order valence-corrected chi connectivity index (χ1v) is 8.51. The van der Waals surface area contributed by atoms with Crippen LogP contribution < -0.4 is 16.0 Å². The van der Waals surface area contributed by atoms with E-state index in [4.69, 9.17) is 9.52 Å². The molecule has 148 valence electrons. The first-order valence-electron chi connectivity index (χ1n) is 8.51. The predicted molar refractivity (Wildman–Crippen MR) is 97.4 cm³/mol. The number of furan rings is 1. The molecule has 0 radical (unpaired) electrons. The molecule has 0 bridgehead atoms. The molecule has 1 aromatic heterocycles. The van der Waals surface area contributed by atoms with E-state index in [1.807, 2.05) is 13.8 Å². The summed E-state index contributed by atoms with van der Waals surface area (Å²) in [5, 5.41) is 16.1. The average molecular weight is 379 g/mol. The van der Waals surface area contributed by atoms with E-state index in [2.05, 4.69) is 16.0 Å². The number of hydrogen-bond acceptors (Lipinski definition) is 5. The zero-order valence-corrected chi connectivity index (χ0v) is 15.5. The topological polar surface area (TPSA) is 138 Å². The lowest BCUT2D eigenvalue weighted by molar-refractivity contribution is -0.141. The highest BCUT2D eigenvalue weighted by Gasteiger charge is 2.24. The third-order valence-corrected chi connectivity index (χ3v) is 3.45. The lowest BCUT2D eigenvalue weighted by Gasteiger charge is -2.21. The standard InChI is InChI=1S/C18H25N3O6/c1-11(2)9-14(17(24)20-12(3)18(25)26)21-16(23)10-19-15(22)7-6-13-5-4-8-27-13/h4-8,11-12,14H,9-10H2,1-3H3,(H,19,22)(H,20,24)(H,21,23)(H,25,26)/b7-6+/t12-,14-/m0/s1. The number of carbonyl (C=O) groups is 4. The predicted octanol–water partition coefficient (Wildman–Crippen LogP) is 0.529. The molecular formula is C18H25N3O6. The summed E-state index contributed by atoms with van der Waals surface area (Å²) in [6, 6.07) is 1.38. The second-order valence-electron chi connectivity index (χ2n) is 6.38. The number of carbonyl (C=O) groups excluding carboxylic acids is 3. The van der Waals surface area contributed by atoms with Crippen LogP contribution in [0.1, 0.15) is 33.0 Å². The fourth-order valence-electron chi connectivity index (χ4n) is 2.09. The SMILES string of the molecule is CC(C)C[C@H](NC(=O)CNC(=O)/C=C/c1ccco1)C(=O)N[C@@H](C)C(=O)O. The second-order valence-corrected chi connectivity index (χ2v) is 6.38. The summed E-state index contributed by atoms with van der Waals surface area (Å²) in [7, 11) is 0. The van der Waals surface area contributed by atoms with Crippen LogP contribution in [0.5, 0.6) is 0 Å². The van der Waals surface area contributed by atoms with Crippen molar-refractivity contribution in [1.82, 2.24) is 16.0 Å². The molecule has 0 aromatic carbocycles. The maximum absolute atomic E-state index is 12.2. The number of carboxylic acid groups (broad SMARTS) is 1. The Hall–Kier alpha value is -3.10. The van der Waals surface area contributed by atoms with E-state index < -0.39 is 35.8 Å². The fourth-order valence-corrected chi connectivity index (χ4v) is 2.09. The molecule has 0 aliphatic carbocycles. The number of hydrogen-bond donors (Lipinski definition) is 4. The van der Waals surface area contributed by atoms with E-state index in [0.717, 1.165) is 0 Å². The van der Waals surface area contributed by atoms with Gasteiger partial charge in [0.2, 0.25) is 17.7 Å². The van der Waals surface area contributed by atoms with E-state index in [9.17, 15) is 19.2 Å². The van der Waals surface area contributed by atoms with Crippen LogP contribution in [0, 0.1) is 5.92 Å². The quantitative estimate of drug-likeness (QED) is 0.438. The van der Waals surface area contributed by atoms with Gasteiger partial charge in [-0.25, -0.2) is 0 Å². The molecule has 3 amide bonds. The largest absolute Gasteiger partial charge is 0.480 e. The van der Waals surface area contributed by atoms with Gasteiger partial charge < -0.3 is 25.5 Å². The molecule has 0 saturated heterocycles. The van der Waals surface area contributed by atoms with E-state index in [1.165, 1.54) is 25.3 Å².